The third-order valence-electron chi connectivity index (χ3n) is 5.34. The number of piperazine rings is 1. The van der Waals surface area contributed by atoms with Crippen LogP contribution in [0.5, 0.6) is 0 Å². The minimum Gasteiger partial charge on any atom is -0.357 e. The number of likely N-dealkylation sites (N-methyl/N-ethyl adjacent to an activating group) is 1. The Kier molecular flexibility index (Phi) is 7.87. The summed E-state index contributed by atoms with van der Waals surface area (Å²) >= 11 is 0. The maximum Gasteiger partial charge on any atom is 0.191 e. The molecular weight excluding hydrogens is 360 g/mol. The molecule has 1 saturated heterocycles. The van der Waals surface area contributed by atoms with Crippen molar-refractivity contribution in [2.24, 2.45) is 4.99 Å². The number of aromatic nitrogens is 1. The normalized spacial score (nSPS) is 16.5. The molecule has 1 atom stereocenters. The lowest BCUT2D eigenvalue weighted by Gasteiger charge is -2.33. The van der Waals surface area contributed by atoms with E-state index in [2.05, 4.69) is 88.8 Å². The van der Waals surface area contributed by atoms with Crippen LogP contribution in [0.25, 0.3) is 0 Å². The largest absolute Gasteiger partial charge is 0.357 e. The second kappa shape index (κ2) is 10.8. The van der Waals surface area contributed by atoms with Crippen LogP contribution in [-0.2, 0) is 6.54 Å². The van der Waals surface area contributed by atoms with Crippen LogP contribution in [-0.4, -0.2) is 62.2 Å². The number of nitrogens with one attached hydrogen (secondary N) is 2. The van der Waals surface area contributed by atoms with Crippen molar-refractivity contribution in [2.45, 2.75) is 26.3 Å². The highest BCUT2D eigenvalue weighted by atomic mass is 15.3. The molecule has 0 saturated carbocycles. The Morgan fingerprint density at radius 2 is 1.83 bits per heavy atom. The smallest absolute Gasteiger partial charge is 0.191 e. The first-order valence-corrected chi connectivity index (χ1v) is 10.6. The Labute approximate surface area is 175 Å². The molecule has 0 aliphatic carbocycles. The lowest BCUT2D eigenvalue weighted by atomic mass is 10.0. The maximum atomic E-state index is 4.74. The van der Waals surface area contributed by atoms with Crippen molar-refractivity contribution >= 4 is 11.8 Å². The summed E-state index contributed by atoms with van der Waals surface area (Å²) in [6.45, 7) is 10.9. The van der Waals surface area contributed by atoms with Crippen molar-refractivity contribution in [1.29, 1.82) is 0 Å². The average molecular weight is 395 g/mol. The fourth-order valence-corrected chi connectivity index (χ4v) is 3.39. The molecule has 6 heteroatoms. The van der Waals surface area contributed by atoms with Gasteiger partial charge in [0.15, 0.2) is 5.96 Å². The zero-order valence-electron chi connectivity index (χ0n) is 17.9. The van der Waals surface area contributed by atoms with Crippen molar-refractivity contribution in [3.8, 4) is 0 Å². The van der Waals surface area contributed by atoms with Crippen LogP contribution >= 0.6 is 0 Å². The zero-order chi connectivity index (χ0) is 20.5. The van der Waals surface area contributed by atoms with Crippen LogP contribution in [0.15, 0.2) is 53.7 Å². The molecule has 6 nitrogen and oxygen atoms in total. The number of hydrogen-bond acceptors (Lipinski definition) is 4. The van der Waals surface area contributed by atoms with E-state index in [1.807, 2.05) is 6.20 Å². The Morgan fingerprint density at radius 3 is 2.48 bits per heavy atom. The summed E-state index contributed by atoms with van der Waals surface area (Å²) in [7, 11) is 2.17. The fraction of sp³-hybridized carbons (Fsp3) is 0.478. The molecule has 29 heavy (non-hydrogen) atoms. The van der Waals surface area contributed by atoms with E-state index in [4.69, 9.17) is 4.99 Å². The van der Waals surface area contributed by atoms with E-state index >= 15 is 0 Å². The Bertz CT molecular complexity index is 751. The quantitative estimate of drug-likeness (QED) is 0.559. The Balaban J connectivity index is 1.54. The standard InChI is InChI=1S/C23H34N6/c1-4-24-23(26-16-19(2)21-8-6-5-7-9-21)27-18-20-10-11-22(25-17-20)29-14-12-28(3)13-15-29/h5-11,17,19H,4,12-16,18H2,1-3H3,(H2,24,26,27). The van der Waals surface area contributed by atoms with Crippen molar-refractivity contribution in [2.75, 3.05) is 51.2 Å². The number of rotatable bonds is 7. The summed E-state index contributed by atoms with van der Waals surface area (Å²) in [6, 6.07) is 14.8. The molecule has 0 spiro atoms. The van der Waals surface area contributed by atoms with Crippen molar-refractivity contribution in [3.05, 3.63) is 59.8 Å². The van der Waals surface area contributed by atoms with Crippen LogP contribution in [0, 0.1) is 0 Å². The van der Waals surface area contributed by atoms with Gasteiger partial charge in [0.1, 0.15) is 5.82 Å². The fourth-order valence-electron chi connectivity index (χ4n) is 3.39. The summed E-state index contributed by atoms with van der Waals surface area (Å²) in [5, 5.41) is 6.79. The molecule has 156 valence electrons. The van der Waals surface area contributed by atoms with Gasteiger partial charge in [0, 0.05) is 45.5 Å². The predicted octanol–water partition coefficient (Wildman–Crippen LogP) is 2.69. The van der Waals surface area contributed by atoms with E-state index in [9.17, 15) is 0 Å². The van der Waals surface area contributed by atoms with Gasteiger partial charge in [-0.2, -0.15) is 0 Å². The van der Waals surface area contributed by atoms with Gasteiger partial charge < -0.3 is 20.4 Å². The maximum absolute atomic E-state index is 4.74. The molecule has 3 rings (SSSR count). The highest BCUT2D eigenvalue weighted by Crippen LogP contribution is 2.14. The number of anilines is 1. The van der Waals surface area contributed by atoms with Gasteiger partial charge >= 0.3 is 0 Å². The Morgan fingerprint density at radius 1 is 1.07 bits per heavy atom. The van der Waals surface area contributed by atoms with Gasteiger partial charge in [0.05, 0.1) is 6.54 Å². The predicted molar refractivity (Wildman–Crippen MR) is 122 cm³/mol. The molecule has 1 aromatic heterocycles. The van der Waals surface area contributed by atoms with Crippen molar-refractivity contribution in [1.82, 2.24) is 20.5 Å². The summed E-state index contributed by atoms with van der Waals surface area (Å²) < 4.78 is 0. The van der Waals surface area contributed by atoms with Crippen LogP contribution < -0.4 is 15.5 Å². The molecule has 0 bridgehead atoms. The number of nitrogens with zero attached hydrogens (tertiary/aromatic N) is 4. The third-order valence-corrected chi connectivity index (χ3v) is 5.34. The first-order valence-electron chi connectivity index (χ1n) is 10.6. The average Bonchev–Trinajstić information content (AvgIpc) is 2.77. The van der Waals surface area contributed by atoms with Crippen LogP contribution in [0.4, 0.5) is 5.82 Å². The minimum atomic E-state index is 0.421. The molecule has 1 aromatic carbocycles. The van der Waals surface area contributed by atoms with E-state index in [1.165, 1.54) is 5.56 Å². The number of guanidine groups is 1. The van der Waals surface area contributed by atoms with Gasteiger partial charge in [-0.1, -0.05) is 43.3 Å². The molecule has 1 unspecified atom stereocenters. The first-order chi connectivity index (χ1) is 14.2. The van der Waals surface area contributed by atoms with Gasteiger partial charge in [-0.05, 0) is 37.1 Å². The molecular formula is C23H34N6. The zero-order valence-corrected chi connectivity index (χ0v) is 17.9. The van der Waals surface area contributed by atoms with E-state index in [-0.39, 0.29) is 0 Å². The molecule has 2 N–H and O–H groups in total. The van der Waals surface area contributed by atoms with Gasteiger partial charge in [0.2, 0.25) is 0 Å². The number of benzene rings is 1. The third kappa shape index (κ3) is 6.46. The van der Waals surface area contributed by atoms with Crippen LogP contribution in [0.2, 0.25) is 0 Å². The summed E-state index contributed by atoms with van der Waals surface area (Å²) in [5.41, 5.74) is 2.45. The van der Waals surface area contributed by atoms with Crippen LogP contribution in [0.3, 0.4) is 0 Å². The van der Waals surface area contributed by atoms with Gasteiger partial charge in [-0.15, -0.1) is 0 Å². The molecule has 0 radical (unpaired) electrons. The molecule has 2 aromatic rings. The highest BCUT2D eigenvalue weighted by Gasteiger charge is 2.14. The summed E-state index contributed by atoms with van der Waals surface area (Å²) in [6.07, 6.45) is 1.95. The van der Waals surface area contributed by atoms with E-state index < -0.39 is 0 Å². The molecule has 0 amide bonds. The lowest BCUT2D eigenvalue weighted by Crippen LogP contribution is -2.44. The van der Waals surface area contributed by atoms with E-state index in [0.717, 1.165) is 56.6 Å². The van der Waals surface area contributed by atoms with Gasteiger partial charge in [0.25, 0.3) is 0 Å². The number of pyridine rings is 1. The first kappa shape index (κ1) is 21.1. The molecule has 1 fully saturated rings. The van der Waals surface area contributed by atoms with Crippen molar-refractivity contribution < 1.29 is 0 Å². The molecule has 2 heterocycles. The summed E-state index contributed by atoms with van der Waals surface area (Å²) in [5.74, 6) is 2.33. The number of hydrogen-bond donors (Lipinski definition) is 2. The second-order valence-electron chi connectivity index (χ2n) is 7.70. The van der Waals surface area contributed by atoms with Crippen LogP contribution in [0.1, 0.15) is 30.9 Å². The topological polar surface area (TPSA) is 55.8 Å². The molecule has 1 aliphatic heterocycles. The summed E-state index contributed by atoms with van der Waals surface area (Å²) in [4.78, 5) is 14.1. The molecule has 1 aliphatic rings. The van der Waals surface area contributed by atoms with Crippen molar-refractivity contribution in [3.63, 3.8) is 0 Å². The number of aliphatic imine (C=N–C) groups is 1. The monoisotopic (exact) mass is 394 g/mol. The van der Waals surface area contributed by atoms with Gasteiger partial charge in [-0.3, -0.25) is 0 Å². The second-order valence-corrected chi connectivity index (χ2v) is 7.70. The van der Waals surface area contributed by atoms with E-state index in [1.54, 1.807) is 0 Å². The highest BCUT2D eigenvalue weighted by molar-refractivity contribution is 5.79. The van der Waals surface area contributed by atoms with Gasteiger partial charge in [-0.25, -0.2) is 9.98 Å². The Hall–Kier alpha value is -2.60. The SMILES string of the molecule is CCNC(=NCc1ccc(N2CCN(C)CC2)nc1)NCC(C)c1ccccc1. The van der Waals surface area contributed by atoms with E-state index in [0.29, 0.717) is 12.5 Å². The lowest BCUT2D eigenvalue weighted by molar-refractivity contribution is 0.312. The minimum absolute atomic E-state index is 0.421.